The van der Waals surface area contributed by atoms with Crippen LogP contribution >= 0.6 is 10.7 Å². The predicted octanol–water partition coefficient (Wildman–Crippen LogP) is 2.30. The zero-order chi connectivity index (χ0) is 15.7. The minimum atomic E-state index is -5.18. The molecule has 0 radical (unpaired) electrons. The lowest BCUT2D eigenvalue weighted by atomic mass is 10.1. The average molecular weight is 341 g/mol. The third-order valence-corrected chi connectivity index (χ3v) is 3.19. The highest BCUT2D eigenvalue weighted by Gasteiger charge is 2.34. The number of rotatable bonds is 4. The Bertz CT molecular complexity index is 605. The summed E-state index contributed by atoms with van der Waals surface area (Å²) in [5, 5.41) is -1.42. The van der Waals surface area contributed by atoms with Crippen molar-refractivity contribution in [1.29, 1.82) is 0 Å². The molecule has 0 aliphatic rings. The van der Waals surface area contributed by atoms with E-state index in [4.69, 9.17) is 16.4 Å². The second-order valence-corrected chi connectivity index (χ2v) is 5.81. The molecule has 20 heavy (non-hydrogen) atoms. The molecule has 1 heterocycles. The molecule has 1 aromatic rings. The van der Waals surface area contributed by atoms with Gasteiger partial charge in [0.25, 0.3) is 15.5 Å². The van der Waals surface area contributed by atoms with Crippen LogP contribution in [0.3, 0.4) is 0 Å². The highest BCUT2D eigenvalue weighted by atomic mass is 35.7. The zero-order valence-electron chi connectivity index (χ0n) is 9.29. The molecule has 0 aliphatic heterocycles. The minimum Gasteiger partial charge on any atom is -0.388 e. The number of aromatic nitrogens is 1. The van der Waals surface area contributed by atoms with Crippen LogP contribution < -0.4 is 10.5 Å². The van der Waals surface area contributed by atoms with Gasteiger partial charge in [0.2, 0.25) is 5.88 Å². The van der Waals surface area contributed by atoms with Crippen LogP contribution in [-0.4, -0.2) is 19.8 Å². The Kier molecular flexibility index (Phi) is 4.77. The fraction of sp³-hybridized carbons (Fsp3) is 0.375. The molecule has 0 saturated carbocycles. The second-order valence-electron chi connectivity index (χ2n) is 3.33. The lowest BCUT2D eigenvalue weighted by Gasteiger charge is -2.14. The monoisotopic (exact) mass is 340 g/mol. The molecule has 0 unspecified atom stereocenters. The lowest BCUT2D eigenvalue weighted by molar-refractivity contribution is -0.276. The van der Waals surface area contributed by atoms with E-state index in [1.165, 1.54) is 0 Å². The summed E-state index contributed by atoms with van der Waals surface area (Å²) in [5.74, 6) is -1.25. The molecule has 0 aromatic carbocycles. The summed E-state index contributed by atoms with van der Waals surface area (Å²) < 4.78 is 87.4. The first-order chi connectivity index (χ1) is 8.95. The average Bonchev–Trinajstić information content (AvgIpc) is 2.23. The van der Waals surface area contributed by atoms with Gasteiger partial charge in [-0.25, -0.2) is 17.2 Å². The Balaban J connectivity index is 3.57. The van der Waals surface area contributed by atoms with Crippen LogP contribution in [0.4, 0.5) is 22.0 Å². The summed E-state index contributed by atoms with van der Waals surface area (Å²) in [5.41, 5.74) is 3.37. The first-order valence-corrected chi connectivity index (χ1v) is 6.99. The van der Waals surface area contributed by atoms with Crippen molar-refractivity contribution in [2.45, 2.75) is 24.4 Å². The second kappa shape index (κ2) is 5.66. The molecule has 0 saturated heterocycles. The van der Waals surface area contributed by atoms with Gasteiger partial charge in [0.1, 0.15) is 0 Å². The van der Waals surface area contributed by atoms with Crippen molar-refractivity contribution in [3.63, 3.8) is 0 Å². The molecule has 0 fully saturated rings. The summed E-state index contributed by atoms with van der Waals surface area (Å²) >= 11 is 0. The Labute approximate surface area is 113 Å². The predicted molar refractivity (Wildman–Crippen MR) is 56.8 cm³/mol. The third-order valence-electron chi connectivity index (χ3n) is 1.98. The standard InChI is InChI=1S/C8H6ClF5N2O3S/c9-20(17,18)7-5(6(10)11)3(2-15)1-4(16-7)19-8(12,13)14/h1,6H,2,15H2. The highest BCUT2D eigenvalue weighted by Crippen LogP contribution is 2.34. The van der Waals surface area contributed by atoms with Gasteiger partial charge in [-0.05, 0) is 5.56 Å². The summed E-state index contributed by atoms with van der Waals surface area (Å²) in [7, 11) is 0.0677. The third kappa shape index (κ3) is 4.15. The van der Waals surface area contributed by atoms with Crippen LogP contribution in [0.15, 0.2) is 11.1 Å². The Hall–Kier alpha value is -1.20. The van der Waals surface area contributed by atoms with Gasteiger partial charge in [-0.1, -0.05) is 0 Å². The number of pyridine rings is 1. The van der Waals surface area contributed by atoms with Gasteiger partial charge in [-0.3, -0.25) is 0 Å². The van der Waals surface area contributed by atoms with Gasteiger partial charge in [-0.2, -0.15) is 4.98 Å². The number of nitrogens with two attached hydrogens (primary N) is 1. The van der Waals surface area contributed by atoms with Crippen LogP contribution in [0.1, 0.15) is 17.6 Å². The van der Waals surface area contributed by atoms with Crippen molar-refractivity contribution in [3.05, 3.63) is 17.2 Å². The van der Waals surface area contributed by atoms with E-state index in [9.17, 15) is 30.4 Å². The molecule has 0 atom stereocenters. The van der Waals surface area contributed by atoms with Crippen LogP contribution in [0.2, 0.25) is 0 Å². The zero-order valence-corrected chi connectivity index (χ0v) is 10.9. The minimum absolute atomic E-state index is 0.473. The Morgan fingerprint density at radius 2 is 1.95 bits per heavy atom. The molecule has 2 N–H and O–H groups in total. The molecule has 114 valence electrons. The van der Waals surface area contributed by atoms with Gasteiger partial charge in [-0.15, -0.1) is 13.2 Å². The number of halogens is 6. The van der Waals surface area contributed by atoms with Crippen molar-refractivity contribution in [1.82, 2.24) is 4.98 Å². The smallest absolute Gasteiger partial charge is 0.388 e. The normalized spacial score (nSPS) is 12.8. The van der Waals surface area contributed by atoms with E-state index in [1.807, 2.05) is 0 Å². The topological polar surface area (TPSA) is 82.3 Å². The van der Waals surface area contributed by atoms with Crippen molar-refractivity contribution in [3.8, 4) is 5.88 Å². The van der Waals surface area contributed by atoms with E-state index in [1.54, 1.807) is 0 Å². The molecule has 0 amide bonds. The van der Waals surface area contributed by atoms with Gasteiger partial charge in [0.15, 0.2) is 5.03 Å². The van der Waals surface area contributed by atoms with Gasteiger partial charge in [0.05, 0.1) is 5.56 Å². The first-order valence-electron chi connectivity index (χ1n) is 4.68. The van der Waals surface area contributed by atoms with Gasteiger partial charge in [0, 0.05) is 23.3 Å². The van der Waals surface area contributed by atoms with Crippen LogP contribution in [0, 0.1) is 0 Å². The van der Waals surface area contributed by atoms with E-state index in [0.29, 0.717) is 6.07 Å². The number of nitrogens with zero attached hydrogens (tertiary/aromatic N) is 1. The molecule has 0 bridgehead atoms. The van der Waals surface area contributed by atoms with E-state index in [0.717, 1.165) is 0 Å². The highest BCUT2D eigenvalue weighted by molar-refractivity contribution is 8.13. The summed E-state index contributed by atoms with van der Waals surface area (Å²) in [6.07, 6.45) is -8.53. The van der Waals surface area contributed by atoms with Gasteiger partial charge >= 0.3 is 6.36 Å². The molecule has 1 rings (SSSR count). The molecule has 1 aromatic heterocycles. The fourth-order valence-electron chi connectivity index (χ4n) is 1.32. The quantitative estimate of drug-likeness (QED) is 0.672. The van der Waals surface area contributed by atoms with E-state index in [-0.39, 0.29) is 0 Å². The van der Waals surface area contributed by atoms with Crippen molar-refractivity contribution >= 4 is 19.7 Å². The maximum absolute atomic E-state index is 12.8. The number of hydrogen-bond donors (Lipinski definition) is 1. The van der Waals surface area contributed by atoms with Crippen LogP contribution in [0.5, 0.6) is 5.88 Å². The summed E-state index contributed by atoms with van der Waals surface area (Å²) in [6.45, 7) is -0.657. The molecule has 12 heteroatoms. The van der Waals surface area contributed by atoms with Crippen molar-refractivity contribution < 1.29 is 35.1 Å². The van der Waals surface area contributed by atoms with E-state index < -0.39 is 50.4 Å². The summed E-state index contributed by atoms with van der Waals surface area (Å²) in [4.78, 5) is 2.86. The maximum Gasteiger partial charge on any atom is 0.574 e. The SMILES string of the molecule is NCc1cc(OC(F)(F)F)nc(S(=O)(=O)Cl)c1C(F)F. The van der Waals surface area contributed by atoms with Crippen LogP contribution in [0.25, 0.3) is 0 Å². The molecular formula is C8H6ClF5N2O3S. The number of hydrogen-bond acceptors (Lipinski definition) is 5. The van der Waals surface area contributed by atoms with Crippen LogP contribution in [-0.2, 0) is 15.6 Å². The molecule has 0 spiro atoms. The number of ether oxygens (including phenoxy) is 1. The van der Waals surface area contributed by atoms with E-state index in [2.05, 4.69) is 9.72 Å². The maximum atomic E-state index is 12.8. The molecule has 5 nitrogen and oxygen atoms in total. The molecular weight excluding hydrogens is 335 g/mol. The van der Waals surface area contributed by atoms with Crippen molar-refractivity contribution in [2.75, 3.05) is 0 Å². The Morgan fingerprint density at radius 3 is 2.30 bits per heavy atom. The Morgan fingerprint density at radius 1 is 1.40 bits per heavy atom. The fourth-order valence-corrected chi connectivity index (χ4v) is 2.35. The molecule has 0 aliphatic carbocycles. The number of alkyl halides is 5. The largest absolute Gasteiger partial charge is 0.574 e. The van der Waals surface area contributed by atoms with E-state index >= 15 is 0 Å². The van der Waals surface area contributed by atoms with Crippen molar-refractivity contribution in [2.24, 2.45) is 5.73 Å². The lowest BCUT2D eigenvalue weighted by Crippen LogP contribution is -2.20. The first kappa shape index (κ1) is 16.9. The summed E-state index contributed by atoms with van der Waals surface area (Å²) in [6, 6.07) is 0.473. The van der Waals surface area contributed by atoms with Gasteiger partial charge < -0.3 is 10.5 Å².